The van der Waals surface area contributed by atoms with Gasteiger partial charge in [-0.25, -0.2) is 0 Å². The van der Waals surface area contributed by atoms with E-state index in [-0.39, 0.29) is 18.2 Å². The lowest BCUT2D eigenvalue weighted by molar-refractivity contribution is -0.141. The maximum atomic E-state index is 13.5. The summed E-state index contributed by atoms with van der Waals surface area (Å²) in [6.45, 7) is 3.17. The zero-order chi connectivity index (χ0) is 24.9. The van der Waals surface area contributed by atoms with Crippen LogP contribution in [0.25, 0.3) is 0 Å². The van der Waals surface area contributed by atoms with Gasteiger partial charge in [0, 0.05) is 25.9 Å². The number of likely N-dealkylation sites (N-methyl/N-ethyl adjacent to an activating group) is 1. The lowest BCUT2D eigenvalue weighted by Crippen LogP contribution is -2.50. The molecule has 0 spiro atoms. The number of carbonyl (C=O) groups excluding carboxylic acids is 2. The molecule has 0 aromatic heterocycles. The Kier molecular flexibility index (Phi) is 10.2. The molecule has 2 amide bonds. The van der Waals surface area contributed by atoms with Gasteiger partial charge in [0.2, 0.25) is 11.8 Å². The Balaban J connectivity index is 1.71. The highest BCUT2D eigenvalue weighted by molar-refractivity contribution is 5.88. The predicted octanol–water partition coefficient (Wildman–Crippen LogP) is 4.63. The maximum Gasteiger partial charge on any atom is 0.243 e. The predicted molar refractivity (Wildman–Crippen MR) is 137 cm³/mol. The third-order valence-electron chi connectivity index (χ3n) is 5.68. The standard InChI is InChI=1S/C29H34N2O4/c1-3-30-29(33)27(21-23-11-6-4-7-12-23)31(22-24-13-8-5-9-14-24)28(32)15-10-20-35-26-18-16-25(34-2)17-19-26/h4-9,11-14,16-19,27H,3,10,15,20-22H2,1-2H3,(H,30,33)/t27-/m1/s1. The summed E-state index contributed by atoms with van der Waals surface area (Å²) in [6, 6.07) is 26.3. The molecule has 0 aliphatic rings. The van der Waals surface area contributed by atoms with Crippen LogP contribution in [0, 0.1) is 0 Å². The lowest BCUT2D eigenvalue weighted by Gasteiger charge is -2.31. The number of nitrogens with zero attached hydrogens (tertiary/aromatic N) is 1. The van der Waals surface area contributed by atoms with Crippen molar-refractivity contribution in [2.75, 3.05) is 20.3 Å². The maximum absolute atomic E-state index is 13.5. The Morgan fingerprint density at radius 3 is 2.06 bits per heavy atom. The molecule has 1 atom stereocenters. The molecule has 0 radical (unpaired) electrons. The van der Waals surface area contributed by atoms with Crippen LogP contribution in [0.1, 0.15) is 30.9 Å². The van der Waals surface area contributed by atoms with Crippen LogP contribution in [0.5, 0.6) is 11.5 Å². The Morgan fingerprint density at radius 2 is 1.46 bits per heavy atom. The highest BCUT2D eigenvalue weighted by atomic mass is 16.5. The summed E-state index contributed by atoms with van der Waals surface area (Å²) in [5.41, 5.74) is 2.00. The van der Waals surface area contributed by atoms with Crippen molar-refractivity contribution in [3.05, 3.63) is 96.1 Å². The van der Waals surface area contributed by atoms with Crippen molar-refractivity contribution in [3.63, 3.8) is 0 Å². The van der Waals surface area contributed by atoms with E-state index in [0.717, 1.165) is 22.6 Å². The van der Waals surface area contributed by atoms with Crippen LogP contribution in [0.4, 0.5) is 0 Å². The molecule has 0 saturated heterocycles. The summed E-state index contributed by atoms with van der Waals surface area (Å²) in [5.74, 6) is 1.28. The SMILES string of the molecule is CCNC(=O)[C@@H](Cc1ccccc1)N(Cc1ccccc1)C(=O)CCCOc1ccc(OC)cc1. The number of methoxy groups -OCH3 is 1. The first kappa shape index (κ1) is 25.8. The third-order valence-corrected chi connectivity index (χ3v) is 5.68. The summed E-state index contributed by atoms with van der Waals surface area (Å²) in [4.78, 5) is 28.3. The second-order valence-corrected chi connectivity index (χ2v) is 8.23. The average Bonchev–Trinajstić information content (AvgIpc) is 2.90. The largest absolute Gasteiger partial charge is 0.497 e. The van der Waals surface area contributed by atoms with Gasteiger partial charge in [0.25, 0.3) is 0 Å². The monoisotopic (exact) mass is 474 g/mol. The Labute approximate surface area is 207 Å². The molecule has 3 aromatic carbocycles. The fraction of sp³-hybridized carbons (Fsp3) is 0.310. The van der Waals surface area contributed by atoms with Crippen molar-refractivity contribution in [1.29, 1.82) is 0 Å². The van der Waals surface area contributed by atoms with Crippen molar-refractivity contribution in [3.8, 4) is 11.5 Å². The molecule has 0 unspecified atom stereocenters. The molecule has 0 saturated carbocycles. The number of rotatable bonds is 13. The summed E-state index contributed by atoms with van der Waals surface area (Å²) in [5, 5.41) is 2.92. The number of carbonyl (C=O) groups is 2. The van der Waals surface area contributed by atoms with Gasteiger partial charge < -0.3 is 19.7 Å². The van der Waals surface area contributed by atoms with Gasteiger partial charge in [0.1, 0.15) is 17.5 Å². The third kappa shape index (κ3) is 8.18. The van der Waals surface area contributed by atoms with E-state index in [2.05, 4.69) is 5.32 Å². The molecule has 0 bridgehead atoms. The van der Waals surface area contributed by atoms with Crippen LogP contribution < -0.4 is 14.8 Å². The molecular formula is C29H34N2O4. The Morgan fingerprint density at radius 1 is 0.857 bits per heavy atom. The molecule has 3 rings (SSSR count). The van der Waals surface area contributed by atoms with E-state index in [1.165, 1.54) is 0 Å². The molecule has 0 aliphatic carbocycles. The first-order chi connectivity index (χ1) is 17.1. The highest BCUT2D eigenvalue weighted by Crippen LogP contribution is 2.19. The van der Waals surface area contributed by atoms with Crippen molar-refractivity contribution in [2.24, 2.45) is 0 Å². The molecule has 1 N–H and O–H groups in total. The van der Waals surface area contributed by atoms with Crippen molar-refractivity contribution < 1.29 is 19.1 Å². The number of nitrogens with one attached hydrogen (secondary N) is 1. The van der Waals surface area contributed by atoms with Crippen LogP contribution in [0.2, 0.25) is 0 Å². The van der Waals surface area contributed by atoms with Gasteiger partial charge in [-0.1, -0.05) is 60.7 Å². The minimum atomic E-state index is -0.604. The molecule has 0 heterocycles. The second-order valence-electron chi connectivity index (χ2n) is 8.23. The zero-order valence-corrected chi connectivity index (χ0v) is 20.5. The minimum Gasteiger partial charge on any atom is -0.497 e. The van der Waals surface area contributed by atoms with E-state index >= 15 is 0 Å². The second kappa shape index (κ2) is 13.8. The number of benzene rings is 3. The first-order valence-electron chi connectivity index (χ1n) is 12.0. The van der Waals surface area contributed by atoms with Crippen molar-refractivity contribution >= 4 is 11.8 Å². The van der Waals surface area contributed by atoms with E-state index in [0.29, 0.717) is 32.5 Å². The lowest BCUT2D eigenvalue weighted by atomic mass is 10.0. The van der Waals surface area contributed by atoms with Gasteiger partial charge in [-0.05, 0) is 48.7 Å². The molecule has 6 heteroatoms. The van der Waals surface area contributed by atoms with Crippen LogP contribution >= 0.6 is 0 Å². The smallest absolute Gasteiger partial charge is 0.243 e. The Bertz CT molecular complexity index is 1040. The molecular weight excluding hydrogens is 440 g/mol. The fourth-order valence-electron chi connectivity index (χ4n) is 3.86. The molecule has 0 fully saturated rings. The van der Waals surface area contributed by atoms with E-state index in [1.807, 2.05) is 91.9 Å². The Hall–Kier alpha value is -3.80. The van der Waals surface area contributed by atoms with E-state index in [1.54, 1.807) is 12.0 Å². The minimum absolute atomic E-state index is 0.0700. The van der Waals surface area contributed by atoms with Crippen molar-refractivity contribution in [2.45, 2.75) is 38.8 Å². The van der Waals surface area contributed by atoms with Crippen LogP contribution in [-0.2, 0) is 22.6 Å². The van der Waals surface area contributed by atoms with Gasteiger partial charge in [-0.3, -0.25) is 9.59 Å². The molecule has 0 aliphatic heterocycles. The van der Waals surface area contributed by atoms with E-state index in [9.17, 15) is 9.59 Å². The number of hydrogen-bond donors (Lipinski definition) is 1. The zero-order valence-electron chi connectivity index (χ0n) is 20.5. The number of ether oxygens (including phenoxy) is 2. The normalized spacial score (nSPS) is 11.4. The van der Waals surface area contributed by atoms with Crippen LogP contribution in [-0.4, -0.2) is 43.0 Å². The molecule has 35 heavy (non-hydrogen) atoms. The van der Waals surface area contributed by atoms with Crippen LogP contribution in [0.3, 0.4) is 0 Å². The summed E-state index contributed by atoms with van der Waals surface area (Å²) in [6.07, 6.45) is 1.28. The summed E-state index contributed by atoms with van der Waals surface area (Å²) < 4.78 is 11.0. The van der Waals surface area contributed by atoms with Gasteiger partial charge in [0.05, 0.1) is 13.7 Å². The van der Waals surface area contributed by atoms with E-state index in [4.69, 9.17) is 9.47 Å². The number of hydrogen-bond acceptors (Lipinski definition) is 4. The molecule has 6 nitrogen and oxygen atoms in total. The summed E-state index contributed by atoms with van der Waals surface area (Å²) >= 11 is 0. The highest BCUT2D eigenvalue weighted by Gasteiger charge is 2.29. The number of amides is 2. The van der Waals surface area contributed by atoms with Gasteiger partial charge in [-0.2, -0.15) is 0 Å². The fourth-order valence-corrected chi connectivity index (χ4v) is 3.86. The average molecular weight is 475 g/mol. The van der Waals surface area contributed by atoms with Crippen molar-refractivity contribution in [1.82, 2.24) is 10.2 Å². The topological polar surface area (TPSA) is 67.9 Å². The summed E-state index contributed by atoms with van der Waals surface area (Å²) in [7, 11) is 1.62. The molecule has 184 valence electrons. The molecule has 3 aromatic rings. The van der Waals surface area contributed by atoms with Gasteiger partial charge in [0.15, 0.2) is 0 Å². The van der Waals surface area contributed by atoms with Crippen LogP contribution in [0.15, 0.2) is 84.9 Å². The first-order valence-corrected chi connectivity index (χ1v) is 12.0. The van der Waals surface area contributed by atoms with E-state index < -0.39 is 6.04 Å². The van der Waals surface area contributed by atoms with Gasteiger partial charge in [-0.15, -0.1) is 0 Å². The van der Waals surface area contributed by atoms with Gasteiger partial charge >= 0.3 is 0 Å². The quantitative estimate of drug-likeness (QED) is 0.367.